The van der Waals surface area contributed by atoms with Gasteiger partial charge in [-0.2, -0.15) is 0 Å². The maximum atomic E-state index is 14.0. The van der Waals surface area contributed by atoms with Gasteiger partial charge in [0.25, 0.3) is 11.2 Å². The van der Waals surface area contributed by atoms with Crippen LogP contribution in [0.4, 0.5) is 11.4 Å². The van der Waals surface area contributed by atoms with Crippen LogP contribution in [0.3, 0.4) is 0 Å². The maximum absolute atomic E-state index is 14.0. The highest BCUT2D eigenvalue weighted by Gasteiger charge is 2.33. The molecule has 202 valence electrons. The third-order valence-corrected chi connectivity index (χ3v) is 7.86. The first kappa shape index (κ1) is 26.4. The average molecular weight is 549 g/mol. The number of nitro groups is 1. The Morgan fingerprint density at radius 3 is 2.69 bits per heavy atom. The molecule has 1 aromatic heterocycles. The Morgan fingerprint density at radius 2 is 2.00 bits per heavy atom. The van der Waals surface area contributed by atoms with Crippen molar-refractivity contribution >= 4 is 34.8 Å². The minimum absolute atomic E-state index is 0.0494. The van der Waals surface area contributed by atoms with Crippen LogP contribution >= 0.6 is 11.3 Å². The Labute approximate surface area is 228 Å². The predicted molar refractivity (Wildman–Crippen MR) is 148 cm³/mol. The van der Waals surface area contributed by atoms with Crippen molar-refractivity contribution in [3.63, 3.8) is 0 Å². The predicted octanol–water partition coefficient (Wildman–Crippen LogP) is 3.32. The number of hydrogen-bond donors (Lipinski definition) is 0. The molecule has 0 bridgehead atoms. The Morgan fingerprint density at radius 1 is 1.23 bits per heavy atom. The zero-order chi connectivity index (χ0) is 27.7. The van der Waals surface area contributed by atoms with Crippen molar-refractivity contribution in [3.05, 3.63) is 94.7 Å². The first-order chi connectivity index (χ1) is 18.8. The van der Waals surface area contributed by atoms with Crippen LogP contribution in [0.15, 0.2) is 63.5 Å². The molecular weight excluding hydrogens is 520 g/mol. The minimum Gasteiger partial charge on any atom is -0.497 e. The van der Waals surface area contributed by atoms with Gasteiger partial charge in [0.1, 0.15) is 5.75 Å². The first-order valence-corrected chi connectivity index (χ1v) is 13.5. The Balaban J connectivity index is 1.73. The number of carbonyl (C=O) groups excluding carboxylic acids is 1. The molecule has 0 amide bonds. The number of anilines is 1. The number of carbonyl (C=O) groups is 1. The van der Waals surface area contributed by atoms with E-state index in [0.717, 1.165) is 31.6 Å². The van der Waals surface area contributed by atoms with Crippen molar-refractivity contribution in [2.75, 3.05) is 31.7 Å². The summed E-state index contributed by atoms with van der Waals surface area (Å²) in [6.45, 7) is 5.32. The summed E-state index contributed by atoms with van der Waals surface area (Å²) >= 11 is 1.18. The lowest BCUT2D eigenvalue weighted by Gasteiger charge is -2.25. The zero-order valence-electron chi connectivity index (χ0n) is 21.9. The van der Waals surface area contributed by atoms with Crippen LogP contribution in [-0.4, -0.2) is 42.3 Å². The molecule has 1 fully saturated rings. The van der Waals surface area contributed by atoms with E-state index in [2.05, 4.69) is 9.89 Å². The number of esters is 1. The van der Waals surface area contributed by atoms with Gasteiger partial charge in [-0.1, -0.05) is 23.5 Å². The molecule has 2 aliphatic rings. The molecule has 0 radical (unpaired) electrons. The fourth-order valence-corrected chi connectivity index (χ4v) is 6.11. The Hall–Kier alpha value is -4.25. The summed E-state index contributed by atoms with van der Waals surface area (Å²) < 4.78 is 12.6. The number of aromatic nitrogens is 1. The van der Waals surface area contributed by atoms with Crippen molar-refractivity contribution in [2.24, 2.45) is 4.99 Å². The zero-order valence-corrected chi connectivity index (χ0v) is 22.7. The second-order valence-electron chi connectivity index (χ2n) is 9.27. The third kappa shape index (κ3) is 4.97. The van der Waals surface area contributed by atoms with Gasteiger partial charge in [0.2, 0.25) is 0 Å². The standard InChI is InChI=1S/C28H28N4O6S/c1-4-38-27(34)24-17(2)29-28-31(25(24)18-8-7-9-21(15-18)37-3)26(33)23(39-28)16-19-14-20(32(35)36)10-11-22(19)30-12-5-6-13-30/h7-11,14-16,25H,4-6,12-13H2,1-3H3/t25-/m0/s1. The number of allylic oxidation sites excluding steroid dienone is 1. The summed E-state index contributed by atoms with van der Waals surface area (Å²) in [7, 11) is 1.55. The molecule has 1 saturated heterocycles. The van der Waals surface area contributed by atoms with E-state index in [1.165, 1.54) is 28.0 Å². The van der Waals surface area contributed by atoms with Crippen LogP contribution < -0.4 is 24.5 Å². The van der Waals surface area contributed by atoms with E-state index in [4.69, 9.17) is 9.47 Å². The molecule has 1 atom stereocenters. The Bertz CT molecular complexity index is 1670. The number of thiazole rings is 1. The number of hydrogen-bond acceptors (Lipinski definition) is 9. The lowest BCUT2D eigenvalue weighted by molar-refractivity contribution is -0.384. The lowest BCUT2D eigenvalue weighted by atomic mass is 9.95. The lowest BCUT2D eigenvalue weighted by Crippen LogP contribution is -2.40. The number of benzene rings is 2. The summed E-state index contributed by atoms with van der Waals surface area (Å²) in [5, 5.41) is 11.5. The number of nitrogens with zero attached hydrogens (tertiary/aromatic N) is 4. The van der Waals surface area contributed by atoms with Crippen LogP contribution in [-0.2, 0) is 9.53 Å². The second-order valence-corrected chi connectivity index (χ2v) is 10.3. The highest BCUT2D eigenvalue weighted by Crippen LogP contribution is 2.33. The number of methoxy groups -OCH3 is 1. The molecule has 3 heterocycles. The maximum Gasteiger partial charge on any atom is 0.338 e. The molecule has 0 spiro atoms. The largest absolute Gasteiger partial charge is 0.497 e. The fourth-order valence-electron chi connectivity index (χ4n) is 5.08. The van der Waals surface area contributed by atoms with Crippen LogP contribution in [0.1, 0.15) is 43.9 Å². The average Bonchev–Trinajstić information content (AvgIpc) is 3.56. The molecule has 10 nitrogen and oxygen atoms in total. The summed E-state index contributed by atoms with van der Waals surface area (Å²) in [6, 6.07) is 11.2. The molecule has 0 N–H and O–H groups in total. The summed E-state index contributed by atoms with van der Waals surface area (Å²) in [5.41, 5.74) is 2.45. The molecule has 39 heavy (non-hydrogen) atoms. The second kappa shape index (κ2) is 10.9. The molecular formula is C28H28N4O6S. The fraction of sp³-hybridized carbons (Fsp3) is 0.321. The minimum atomic E-state index is -0.777. The van der Waals surface area contributed by atoms with Crippen molar-refractivity contribution in [3.8, 4) is 5.75 Å². The van der Waals surface area contributed by atoms with Crippen LogP contribution in [0, 0.1) is 10.1 Å². The topological polar surface area (TPSA) is 116 Å². The van der Waals surface area contributed by atoms with Crippen molar-refractivity contribution in [2.45, 2.75) is 32.7 Å². The number of fused-ring (bicyclic) bond motifs is 1. The summed E-state index contributed by atoms with van der Waals surface area (Å²) in [6.07, 6.45) is 3.76. The number of rotatable bonds is 7. The molecule has 3 aromatic rings. The number of ether oxygens (including phenoxy) is 2. The molecule has 2 aromatic carbocycles. The monoisotopic (exact) mass is 548 g/mol. The SMILES string of the molecule is CCOC(=O)C1=C(C)N=c2sc(=Cc3cc([N+](=O)[O-])ccc3N3CCCC3)c(=O)n2[C@H]1c1cccc(OC)c1. The van der Waals surface area contributed by atoms with Crippen molar-refractivity contribution in [1.29, 1.82) is 0 Å². The normalized spacial score (nSPS) is 17.2. The van der Waals surface area contributed by atoms with Gasteiger partial charge in [-0.05, 0) is 56.5 Å². The van der Waals surface area contributed by atoms with Crippen LogP contribution in [0.2, 0.25) is 0 Å². The summed E-state index contributed by atoms with van der Waals surface area (Å²) in [4.78, 5) is 45.4. The molecule has 5 rings (SSSR count). The third-order valence-electron chi connectivity index (χ3n) is 6.88. The highest BCUT2D eigenvalue weighted by atomic mass is 32.1. The van der Waals surface area contributed by atoms with E-state index in [9.17, 15) is 19.7 Å². The van der Waals surface area contributed by atoms with Gasteiger partial charge in [0.05, 0.1) is 40.5 Å². The van der Waals surface area contributed by atoms with E-state index in [1.807, 2.05) is 6.07 Å². The van der Waals surface area contributed by atoms with Gasteiger partial charge in [-0.25, -0.2) is 9.79 Å². The smallest absolute Gasteiger partial charge is 0.338 e. The van der Waals surface area contributed by atoms with E-state index in [0.29, 0.717) is 31.9 Å². The van der Waals surface area contributed by atoms with Crippen LogP contribution in [0.5, 0.6) is 5.75 Å². The van der Waals surface area contributed by atoms with Gasteiger partial charge in [0, 0.05) is 36.5 Å². The van der Waals surface area contributed by atoms with Gasteiger partial charge in [-0.15, -0.1) is 0 Å². The molecule has 2 aliphatic heterocycles. The number of nitro benzene ring substituents is 1. The van der Waals surface area contributed by atoms with Gasteiger partial charge in [-0.3, -0.25) is 19.5 Å². The molecule has 11 heteroatoms. The molecule has 0 saturated carbocycles. The summed E-state index contributed by atoms with van der Waals surface area (Å²) in [5.74, 6) is 0.0372. The van der Waals surface area contributed by atoms with E-state index < -0.39 is 16.9 Å². The molecule has 0 unspecified atom stereocenters. The van der Waals surface area contributed by atoms with Crippen molar-refractivity contribution < 1.29 is 19.2 Å². The van der Waals surface area contributed by atoms with E-state index >= 15 is 0 Å². The Kier molecular flexibility index (Phi) is 7.34. The quantitative estimate of drug-likeness (QED) is 0.253. The van der Waals surface area contributed by atoms with Crippen LogP contribution in [0.25, 0.3) is 6.08 Å². The number of non-ortho nitro benzene ring substituents is 1. The van der Waals surface area contributed by atoms with E-state index in [1.54, 1.807) is 51.3 Å². The first-order valence-electron chi connectivity index (χ1n) is 12.7. The van der Waals surface area contributed by atoms with Crippen molar-refractivity contribution in [1.82, 2.24) is 4.57 Å². The highest BCUT2D eigenvalue weighted by molar-refractivity contribution is 7.07. The van der Waals surface area contributed by atoms with Gasteiger partial charge in [0.15, 0.2) is 4.80 Å². The molecule has 0 aliphatic carbocycles. The van der Waals surface area contributed by atoms with Gasteiger partial charge < -0.3 is 14.4 Å². The van der Waals surface area contributed by atoms with E-state index in [-0.39, 0.29) is 23.4 Å². The van der Waals surface area contributed by atoms with Gasteiger partial charge >= 0.3 is 5.97 Å².